The first-order valence-electron chi connectivity index (χ1n) is 14.2. The molecule has 6 rings (SSSR count). The third-order valence-corrected chi connectivity index (χ3v) is 10.2. The zero-order chi connectivity index (χ0) is 30.0. The van der Waals surface area contributed by atoms with Crippen LogP contribution in [-0.2, 0) is 27.9 Å². The van der Waals surface area contributed by atoms with Gasteiger partial charge in [-0.05, 0) is 56.7 Å². The fourth-order valence-electron chi connectivity index (χ4n) is 5.56. The minimum absolute atomic E-state index is 0.00311. The van der Waals surface area contributed by atoms with Crippen LogP contribution in [0.2, 0.25) is 0 Å². The van der Waals surface area contributed by atoms with Gasteiger partial charge in [0.25, 0.3) is 0 Å². The first-order valence-corrected chi connectivity index (χ1v) is 16.3. The van der Waals surface area contributed by atoms with Gasteiger partial charge in [-0.1, -0.05) is 24.3 Å². The number of benzene rings is 2. The first kappa shape index (κ1) is 29.2. The number of sulfonamides is 1. The van der Waals surface area contributed by atoms with Crippen molar-refractivity contribution in [1.29, 1.82) is 0 Å². The van der Waals surface area contributed by atoms with E-state index < -0.39 is 10.0 Å². The van der Waals surface area contributed by atoms with Crippen LogP contribution in [0.25, 0.3) is 16.7 Å². The Morgan fingerprint density at radius 1 is 1.09 bits per heavy atom. The standard InChI is InChI=1S/C30H33N7O4S2/c1-21-26(22(2)37(32-21)24-8-4-3-5-9-24)20-35-15-13-23(18-35)31-29(38)14-16-36(19-25-10-7-17-41-25)43(39,40)28-12-6-11-27-30(28)34-42-33-27/h3-12,17,23H,13-16,18-20H2,1-2H3,(H,31,38). The van der Waals surface area contributed by atoms with Gasteiger partial charge in [0.1, 0.15) is 21.7 Å². The molecule has 0 radical (unpaired) electrons. The van der Waals surface area contributed by atoms with Crippen molar-refractivity contribution in [1.82, 2.24) is 33.0 Å². The number of para-hydroxylation sites is 1. The molecule has 5 aromatic rings. The Morgan fingerprint density at radius 3 is 2.72 bits per heavy atom. The van der Waals surface area contributed by atoms with Crippen LogP contribution in [0, 0.1) is 13.8 Å². The van der Waals surface area contributed by atoms with E-state index in [1.54, 1.807) is 24.3 Å². The largest absolute Gasteiger partial charge is 0.468 e. The van der Waals surface area contributed by atoms with Gasteiger partial charge < -0.3 is 9.73 Å². The topological polar surface area (TPSA) is 126 Å². The van der Waals surface area contributed by atoms with Gasteiger partial charge in [0.15, 0.2) is 0 Å². The SMILES string of the molecule is Cc1nn(-c2ccccc2)c(C)c1CN1CCC(NC(=O)CCN(Cc2ccco2)S(=O)(=O)c2cccc3nsnc23)C1. The number of fused-ring (bicyclic) bond motifs is 1. The summed E-state index contributed by atoms with van der Waals surface area (Å²) in [6.07, 6.45) is 2.34. The van der Waals surface area contributed by atoms with E-state index in [2.05, 4.69) is 25.9 Å². The lowest BCUT2D eigenvalue weighted by Gasteiger charge is -2.22. The van der Waals surface area contributed by atoms with Gasteiger partial charge in [0.05, 0.1) is 35.9 Å². The highest BCUT2D eigenvalue weighted by atomic mass is 32.2. The predicted octanol–water partition coefficient (Wildman–Crippen LogP) is 4.06. The molecule has 0 saturated carbocycles. The normalized spacial score (nSPS) is 15.9. The van der Waals surface area contributed by atoms with Crippen molar-refractivity contribution in [3.8, 4) is 5.69 Å². The molecule has 0 spiro atoms. The lowest BCUT2D eigenvalue weighted by Crippen LogP contribution is -2.39. The molecule has 1 amide bonds. The van der Waals surface area contributed by atoms with Crippen LogP contribution in [0.15, 0.2) is 76.2 Å². The average molecular weight is 620 g/mol. The molecule has 4 heterocycles. The van der Waals surface area contributed by atoms with Crippen LogP contribution in [0.5, 0.6) is 0 Å². The van der Waals surface area contributed by atoms with Crippen molar-refractivity contribution in [2.45, 2.75) is 50.7 Å². The van der Waals surface area contributed by atoms with Crippen LogP contribution in [-0.4, -0.2) is 67.7 Å². The second kappa shape index (κ2) is 12.4. The fourth-order valence-corrected chi connectivity index (χ4v) is 7.72. The van der Waals surface area contributed by atoms with E-state index in [9.17, 15) is 13.2 Å². The molecule has 0 bridgehead atoms. The Kier molecular flexibility index (Phi) is 8.39. The Hall–Kier alpha value is -3.91. The molecule has 2 aromatic carbocycles. The maximum absolute atomic E-state index is 13.8. The highest BCUT2D eigenvalue weighted by molar-refractivity contribution is 7.89. The number of amides is 1. The summed E-state index contributed by atoms with van der Waals surface area (Å²) in [6.45, 7) is 6.44. The summed E-state index contributed by atoms with van der Waals surface area (Å²) in [5.74, 6) is 0.296. The Labute approximate surface area is 254 Å². The first-order chi connectivity index (χ1) is 20.8. The number of hydrogen-bond acceptors (Lipinski definition) is 9. The quantitative estimate of drug-likeness (QED) is 0.235. The molecule has 224 valence electrons. The number of rotatable bonds is 11. The summed E-state index contributed by atoms with van der Waals surface area (Å²) < 4.78 is 44.6. The van der Waals surface area contributed by atoms with Crippen LogP contribution >= 0.6 is 11.7 Å². The van der Waals surface area contributed by atoms with E-state index in [1.165, 1.54) is 22.2 Å². The molecule has 1 saturated heterocycles. The number of hydrogen-bond donors (Lipinski definition) is 1. The van der Waals surface area contributed by atoms with Gasteiger partial charge in [-0.2, -0.15) is 18.2 Å². The van der Waals surface area contributed by atoms with Gasteiger partial charge in [-0.25, -0.2) is 13.1 Å². The molecular formula is C30H33N7O4S2. The Bertz CT molecular complexity index is 1820. The lowest BCUT2D eigenvalue weighted by atomic mass is 10.2. The van der Waals surface area contributed by atoms with Crippen molar-refractivity contribution in [2.75, 3.05) is 19.6 Å². The second-order valence-corrected chi connectivity index (χ2v) is 13.2. The number of carbonyl (C=O) groups is 1. The Balaban J connectivity index is 1.09. The summed E-state index contributed by atoms with van der Waals surface area (Å²) in [4.78, 5) is 15.5. The van der Waals surface area contributed by atoms with Crippen molar-refractivity contribution in [3.05, 3.63) is 89.6 Å². The maximum Gasteiger partial charge on any atom is 0.245 e. The van der Waals surface area contributed by atoms with E-state index in [0.717, 1.165) is 48.3 Å². The number of aromatic nitrogens is 4. The molecule has 3 aromatic heterocycles. The van der Waals surface area contributed by atoms with Gasteiger partial charge in [-0.15, -0.1) is 0 Å². The van der Waals surface area contributed by atoms with Crippen LogP contribution in [0.3, 0.4) is 0 Å². The van der Waals surface area contributed by atoms with Crippen molar-refractivity contribution in [2.24, 2.45) is 0 Å². The van der Waals surface area contributed by atoms with Gasteiger partial charge in [0.2, 0.25) is 15.9 Å². The van der Waals surface area contributed by atoms with Crippen molar-refractivity contribution >= 4 is 38.7 Å². The third kappa shape index (κ3) is 6.25. The Morgan fingerprint density at radius 2 is 1.93 bits per heavy atom. The predicted molar refractivity (Wildman–Crippen MR) is 163 cm³/mol. The lowest BCUT2D eigenvalue weighted by molar-refractivity contribution is -0.121. The zero-order valence-electron chi connectivity index (χ0n) is 24.0. The summed E-state index contributed by atoms with van der Waals surface area (Å²) >= 11 is 0.964. The number of furan rings is 1. The molecule has 1 atom stereocenters. The third-order valence-electron chi connectivity index (χ3n) is 7.83. The zero-order valence-corrected chi connectivity index (χ0v) is 25.6. The number of carbonyl (C=O) groups excluding carboxylic acids is 1. The number of nitrogens with one attached hydrogen (secondary N) is 1. The number of nitrogens with zero attached hydrogens (tertiary/aromatic N) is 6. The number of likely N-dealkylation sites (tertiary alicyclic amines) is 1. The summed E-state index contributed by atoms with van der Waals surface area (Å²) in [7, 11) is -3.98. The van der Waals surface area contributed by atoms with Crippen LogP contribution in [0.1, 0.15) is 35.6 Å². The monoisotopic (exact) mass is 619 g/mol. The van der Waals surface area contributed by atoms with E-state index in [1.807, 2.05) is 41.9 Å². The average Bonchev–Trinajstić information content (AvgIpc) is 3.82. The van der Waals surface area contributed by atoms with E-state index in [0.29, 0.717) is 23.3 Å². The van der Waals surface area contributed by atoms with Crippen LogP contribution in [0.4, 0.5) is 0 Å². The highest BCUT2D eigenvalue weighted by Gasteiger charge is 2.30. The highest BCUT2D eigenvalue weighted by Crippen LogP contribution is 2.26. The van der Waals surface area contributed by atoms with Crippen LogP contribution < -0.4 is 5.32 Å². The molecule has 1 aliphatic heterocycles. The molecule has 11 nitrogen and oxygen atoms in total. The minimum atomic E-state index is -3.98. The molecule has 1 fully saturated rings. The maximum atomic E-state index is 13.8. The molecule has 13 heteroatoms. The van der Waals surface area contributed by atoms with Crippen molar-refractivity contribution in [3.63, 3.8) is 0 Å². The smallest absolute Gasteiger partial charge is 0.245 e. The minimum Gasteiger partial charge on any atom is -0.468 e. The number of aryl methyl sites for hydroxylation is 1. The molecule has 1 unspecified atom stereocenters. The van der Waals surface area contributed by atoms with E-state index >= 15 is 0 Å². The summed E-state index contributed by atoms with van der Waals surface area (Å²) in [5, 5.41) is 7.88. The molecular weight excluding hydrogens is 587 g/mol. The van der Waals surface area contributed by atoms with E-state index in [-0.39, 0.29) is 36.4 Å². The van der Waals surface area contributed by atoms with Crippen molar-refractivity contribution < 1.29 is 17.6 Å². The molecule has 43 heavy (non-hydrogen) atoms. The molecule has 1 aliphatic rings. The molecule has 1 N–H and O–H groups in total. The van der Waals surface area contributed by atoms with Gasteiger partial charge in [0, 0.05) is 49.9 Å². The summed E-state index contributed by atoms with van der Waals surface area (Å²) in [6, 6.07) is 18.4. The van der Waals surface area contributed by atoms with Gasteiger partial charge in [-0.3, -0.25) is 9.69 Å². The summed E-state index contributed by atoms with van der Waals surface area (Å²) in [5.41, 5.74) is 5.18. The van der Waals surface area contributed by atoms with Gasteiger partial charge >= 0.3 is 0 Å². The van der Waals surface area contributed by atoms with E-state index in [4.69, 9.17) is 9.52 Å². The molecule has 0 aliphatic carbocycles. The second-order valence-electron chi connectivity index (χ2n) is 10.7. The fraction of sp³-hybridized carbons (Fsp3) is 0.333.